The van der Waals surface area contributed by atoms with E-state index >= 15 is 0 Å². The Bertz CT molecular complexity index is 979. The van der Waals surface area contributed by atoms with Crippen LogP contribution in [0.1, 0.15) is 22.3 Å². The van der Waals surface area contributed by atoms with Crippen molar-refractivity contribution in [3.05, 3.63) is 71.3 Å². The van der Waals surface area contributed by atoms with E-state index in [9.17, 15) is 8.42 Å². The van der Waals surface area contributed by atoms with E-state index in [0.717, 1.165) is 22.3 Å². The van der Waals surface area contributed by atoms with Gasteiger partial charge in [0.25, 0.3) is 10.0 Å². The molecule has 2 aromatic carbocycles. The molecule has 1 heterocycles. The van der Waals surface area contributed by atoms with Crippen LogP contribution in [-0.4, -0.2) is 23.2 Å². The van der Waals surface area contributed by atoms with Gasteiger partial charge in [0, 0.05) is 5.69 Å². The van der Waals surface area contributed by atoms with Gasteiger partial charge in [-0.25, -0.2) is 18.1 Å². The molecule has 130 valence electrons. The van der Waals surface area contributed by atoms with Crippen molar-refractivity contribution < 1.29 is 8.42 Å². The van der Waals surface area contributed by atoms with E-state index in [4.69, 9.17) is 0 Å². The Kier molecular flexibility index (Phi) is 4.59. The normalized spacial score (nSPS) is 11.5. The van der Waals surface area contributed by atoms with Gasteiger partial charge in [-0.2, -0.15) is 5.10 Å². The van der Waals surface area contributed by atoms with E-state index in [0.29, 0.717) is 17.1 Å². The molecule has 25 heavy (non-hydrogen) atoms. The van der Waals surface area contributed by atoms with Gasteiger partial charge < -0.3 is 0 Å². The van der Waals surface area contributed by atoms with Crippen molar-refractivity contribution in [2.45, 2.75) is 32.2 Å². The van der Waals surface area contributed by atoms with E-state index in [2.05, 4.69) is 14.8 Å². The maximum Gasteiger partial charge on any atom is 0.262 e. The van der Waals surface area contributed by atoms with E-state index in [1.165, 1.54) is 6.33 Å². The van der Waals surface area contributed by atoms with Gasteiger partial charge in [-0.3, -0.25) is 4.72 Å². The first-order valence-electron chi connectivity index (χ1n) is 7.87. The predicted octanol–water partition coefficient (Wildman–Crippen LogP) is 3.05. The number of rotatable bonds is 5. The van der Waals surface area contributed by atoms with Gasteiger partial charge in [0.05, 0.1) is 11.4 Å². The third-order valence-electron chi connectivity index (χ3n) is 4.10. The second-order valence-corrected chi connectivity index (χ2v) is 7.75. The van der Waals surface area contributed by atoms with Crippen molar-refractivity contribution in [3.8, 4) is 0 Å². The summed E-state index contributed by atoms with van der Waals surface area (Å²) in [5.41, 5.74) is 4.30. The van der Waals surface area contributed by atoms with Gasteiger partial charge in [-0.05, 0) is 61.2 Å². The predicted molar refractivity (Wildman–Crippen MR) is 97.0 cm³/mol. The molecule has 0 aliphatic carbocycles. The Morgan fingerprint density at radius 2 is 1.68 bits per heavy atom. The van der Waals surface area contributed by atoms with Gasteiger partial charge in [-0.15, -0.1) is 0 Å². The second kappa shape index (κ2) is 6.68. The largest absolute Gasteiger partial charge is 0.280 e. The Morgan fingerprint density at radius 1 is 1.00 bits per heavy atom. The molecule has 3 rings (SSSR count). The lowest BCUT2D eigenvalue weighted by Crippen LogP contribution is -2.15. The fourth-order valence-corrected chi connectivity index (χ4v) is 3.98. The van der Waals surface area contributed by atoms with Crippen LogP contribution in [0, 0.1) is 20.8 Å². The third kappa shape index (κ3) is 3.88. The molecule has 0 aliphatic heterocycles. The highest BCUT2D eigenvalue weighted by Gasteiger charge is 2.18. The fraction of sp³-hybridized carbons (Fsp3) is 0.222. The number of nitrogens with one attached hydrogen (secondary N) is 1. The van der Waals surface area contributed by atoms with Crippen molar-refractivity contribution in [2.75, 3.05) is 4.72 Å². The van der Waals surface area contributed by atoms with E-state index in [1.807, 2.05) is 39.0 Å². The quantitative estimate of drug-likeness (QED) is 0.762. The molecule has 0 amide bonds. The van der Waals surface area contributed by atoms with Gasteiger partial charge in [-0.1, -0.05) is 18.2 Å². The molecule has 0 atom stereocenters. The Labute approximate surface area is 147 Å². The minimum absolute atomic E-state index is 0.308. The minimum atomic E-state index is -3.62. The summed E-state index contributed by atoms with van der Waals surface area (Å²) in [6.45, 7) is 6.28. The van der Waals surface area contributed by atoms with Crippen LogP contribution in [0.25, 0.3) is 0 Å². The van der Waals surface area contributed by atoms with Gasteiger partial charge >= 0.3 is 0 Å². The lowest BCUT2D eigenvalue weighted by Gasteiger charge is -2.13. The summed E-state index contributed by atoms with van der Waals surface area (Å²) in [6, 6.07) is 10.8. The summed E-state index contributed by atoms with van der Waals surface area (Å²) in [5, 5.41) is 4.05. The zero-order chi connectivity index (χ0) is 18.0. The topological polar surface area (TPSA) is 76.9 Å². The maximum absolute atomic E-state index is 12.7. The molecule has 3 aromatic rings. The van der Waals surface area contributed by atoms with Crippen molar-refractivity contribution in [1.29, 1.82) is 0 Å². The van der Waals surface area contributed by atoms with Crippen LogP contribution in [0.15, 0.2) is 53.9 Å². The van der Waals surface area contributed by atoms with Gasteiger partial charge in [0.2, 0.25) is 0 Å². The molecule has 6 nitrogen and oxygen atoms in total. The van der Waals surface area contributed by atoms with Crippen LogP contribution in [-0.2, 0) is 16.6 Å². The molecule has 0 saturated heterocycles. The molecule has 0 spiro atoms. The number of anilines is 1. The van der Waals surface area contributed by atoms with Gasteiger partial charge in [0.1, 0.15) is 12.7 Å². The van der Waals surface area contributed by atoms with Crippen molar-refractivity contribution in [2.24, 2.45) is 0 Å². The summed E-state index contributed by atoms with van der Waals surface area (Å²) in [6.07, 6.45) is 3.12. The molecule has 0 fully saturated rings. The number of nitrogens with zero attached hydrogens (tertiary/aromatic N) is 3. The molecular weight excluding hydrogens is 336 g/mol. The van der Waals surface area contributed by atoms with Crippen LogP contribution >= 0.6 is 0 Å². The van der Waals surface area contributed by atoms with Crippen LogP contribution in [0.2, 0.25) is 0 Å². The summed E-state index contributed by atoms with van der Waals surface area (Å²) < 4.78 is 29.7. The number of hydrogen-bond donors (Lipinski definition) is 1. The van der Waals surface area contributed by atoms with Gasteiger partial charge in [0.15, 0.2) is 0 Å². The number of sulfonamides is 1. The summed E-state index contributed by atoms with van der Waals surface area (Å²) >= 11 is 0. The van der Waals surface area contributed by atoms with Crippen molar-refractivity contribution in [1.82, 2.24) is 14.8 Å². The Morgan fingerprint density at radius 3 is 2.32 bits per heavy atom. The average molecular weight is 356 g/mol. The highest BCUT2D eigenvalue weighted by Crippen LogP contribution is 2.23. The molecule has 0 unspecified atom stereocenters. The highest BCUT2D eigenvalue weighted by molar-refractivity contribution is 7.92. The molecule has 7 heteroatoms. The highest BCUT2D eigenvalue weighted by atomic mass is 32.2. The standard InChI is InChI=1S/C18H20N4O2S/c1-13-8-15(3)18(9-14(13)2)25(23,24)21-17-6-4-16(5-7-17)10-22-12-19-11-20-22/h4-9,11-12,21H,10H2,1-3H3. The lowest BCUT2D eigenvalue weighted by molar-refractivity contribution is 0.600. The first kappa shape index (κ1) is 17.2. The number of aryl methyl sites for hydroxylation is 3. The minimum Gasteiger partial charge on any atom is -0.280 e. The Balaban J connectivity index is 1.80. The smallest absolute Gasteiger partial charge is 0.262 e. The maximum atomic E-state index is 12.7. The molecule has 0 aliphatic rings. The Hall–Kier alpha value is -2.67. The van der Waals surface area contributed by atoms with E-state index < -0.39 is 10.0 Å². The zero-order valence-corrected chi connectivity index (χ0v) is 15.2. The molecular formula is C18H20N4O2S. The first-order chi connectivity index (χ1) is 11.8. The monoisotopic (exact) mass is 356 g/mol. The summed E-state index contributed by atoms with van der Waals surface area (Å²) in [7, 11) is -3.62. The van der Waals surface area contributed by atoms with Crippen LogP contribution in [0.5, 0.6) is 0 Å². The third-order valence-corrected chi connectivity index (χ3v) is 5.62. The average Bonchev–Trinajstić information content (AvgIpc) is 3.05. The van der Waals surface area contributed by atoms with Crippen LogP contribution in [0.3, 0.4) is 0 Å². The molecule has 0 saturated carbocycles. The number of hydrogen-bond acceptors (Lipinski definition) is 4. The number of aromatic nitrogens is 3. The molecule has 1 N–H and O–H groups in total. The SMILES string of the molecule is Cc1cc(C)c(S(=O)(=O)Nc2ccc(Cn3cncn3)cc2)cc1C. The number of benzene rings is 2. The van der Waals surface area contributed by atoms with Crippen molar-refractivity contribution in [3.63, 3.8) is 0 Å². The molecule has 0 bridgehead atoms. The molecule has 1 aromatic heterocycles. The fourth-order valence-electron chi connectivity index (χ4n) is 2.61. The summed E-state index contributed by atoms with van der Waals surface area (Å²) in [5.74, 6) is 0. The summed E-state index contributed by atoms with van der Waals surface area (Å²) in [4.78, 5) is 4.21. The molecule has 0 radical (unpaired) electrons. The van der Waals surface area contributed by atoms with Crippen LogP contribution in [0.4, 0.5) is 5.69 Å². The van der Waals surface area contributed by atoms with Crippen LogP contribution < -0.4 is 4.72 Å². The van der Waals surface area contributed by atoms with E-state index in [-0.39, 0.29) is 0 Å². The van der Waals surface area contributed by atoms with E-state index in [1.54, 1.807) is 29.2 Å². The van der Waals surface area contributed by atoms with Crippen molar-refractivity contribution >= 4 is 15.7 Å². The lowest BCUT2D eigenvalue weighted by atomic mass is 10.1. The zero-order valence-electron chi connectivity index (χ0n) is 14.4. The first-order valence-corrected chi connectivity index (χ1v) is 9.35. The second-order valence-electron chi connectivity index (χ2n) is 6.10.